The lowest BCUT2D eigenvalue weighted by atomic mass is 10.00. The molecule has 3 rings (SSSR count). The molecule has 0 fully saturated rings. The van der Waals surface area contributed by atoms with Gasteiger partial charge < -0.3 is 9.72 Å². The fraction of sp³-hybridized carbons (Fsp3) is 0.0625. The Morgan fingerprint density at radius 1 is 0.947 bits per heavy atom. The molecular formula is C16H14N2O. The number of aromatic nitrogens is 2. The number of hydrogen-bond acceptors (Lipinski definition) is 2. The van der Waals surface area contributed by atoms with Gasteiger partial charge in [0.1, 0.15) is 5.75 Å². The first-order valence-electron chi connectivity index (χ1n) is 6.10. The van der Waals surface area contributed by atoms with Gasteiger partial charge in [-0.15, -0.1) is 0 Å². The largest absolute Gasteiger partial charge is 0.497 e. The van der Waals surface area contributed by atoms with Crippen molar-refractivity contribution in [2.24, 2.45) is 0 Å². The second-order valence-corrected chi connectivity index (χ2v) is 4.25. The zero-order chi connectivity index (χ0) is 13.1. The maximum Gasteiger partial charge on any atom is 0.119 e. The molecule has 1 N–H and O–H groups in total. The third kappa shape index (κ3) is 2.22. The van der Waals surface area contributed by atoms with Crippen molar-refractivity contribution in [3.63, 3.8) is 0 Å². The summed E-state index contributed by atoms with van der Waals surface area (Å²) >= 11 is 0. The molecule has 0 amide bonds. The van der Waals surface area contributed by atoms with Crippen LogP contribution in [0.4, 0.5) is 0 Å². The monoisotopic (exact) mass is 250 g/mol. The lowest BCUT2D eigenvalue weighted by Crippen LogP contribution is -1.84. The second kappa shape index (κ2) is 4.98. The average molecular weight is 250 g/mol. The third-order valence-electron chi connectivity index (χ3n) is 3.12. The molecule has 3 heteroatoms. The van der Waals surface area contributed by atoms with Gasteiger partial charge in [0.2, 0.25) is 0 Å². The van der Waals surface area contributed by atoms with E-state index in [0.29, 0.717) is 0 Å². The molecule has 94 valence electrons. The summed E-state index contributed by atoms with van der Waals surface area (Å²) < 4.78 is 5.28. The van der Waals surface area contributed by atoms with Crippen molar-refractivity contribution >= 4 is 0 Å². The molecule has 3 aromatic rings. The van der Waals surface area contributed by atoms with Crippen molar-refractivity contribution in [2.45, 2.75) is 0 Å². The van der Waals surface area contributed by atoms with Gasteiger partial charge in [0.15, 0.2) is 0 Å². The number of nitrogens with zero attached hydrogens (tertiary/aromatic N) is 1. The number of ether oxygens (including phenoxy) is 1. The molecule has 19 heavy (non-hydrogen) atoms. The maximum atomic E-state index is 5.28. The summed E-state index contributed by atoms with van der Waals surface area (Å²) in [6.45, 7) is 0. The van der Waals surface area contributed by atoms with Gasteiger partial charge in [0.25, 0.3) is 0 Å². The standard InChI is InChI=1S/C16H14N2O/c1-19-14-4-2-3-13(9-14)16-11-18-10-15(16)12-5-7-17-8-6-12/h2-11,18H,1H3. The molecule has 0 saturated heterocycles. The first kappa shape index (κ1) is 11.5. The second-order valence-electron chi connectivity index (χ2n) is 4.25. The van der Waals surface area contributed by atoms with E-state index in [1.54, 1.807) is 19.5 Å². The average Bonchev–Trinajstić information content (AvgIpc) is 2.98. The minimum atomic E-state index is 0.861. The van der Waals surface area contributed by atoms with Crippen molar-refractivity contribution in [2.75, 3.05) is 7.11 Å². The highest BCUT2D eigenvalue weighted by molar-refractivity contribution is 5.83. The maximum absolute atomic E-state index is 5.28. The fourth-order valence-electron chi connectivity index (χ4n) is 2.16. The number of benzene rings is 1. The highest BCUT2D eigenvalue weighted by Crippen LogP contribution is 2.33. The Balaban J connectivity index is 2.09. The van der Waals surface area contributed by atoms with Crippen molar-refractivity contribution in [1.82, 2.24) is 9.97 Å². The fourth-order valence-corrected chi connectivity index (χ4v) is 2.16. The molecule has 0 radical (unpaired) electrons. The predicted octanol–water partition coefficient (Wildman–Crippen LogP) is 3.75. The van der Waals surface area contributed by atoms with Crippen molar-refractivity contribution in [1.29, 1.82) is 0 Å². The van der Waals surface area contributed by atoms with Crippen LogP contribution in [0.3, 0.4) is 0 Å². The van der Waals surface area contributed by atoms with Crippen LogP contribution in [0.2, 0.25) is 0 Å². The Kier molecular flexibility index (Phi) is 3.02. The van der Waals surface area contributed by atoms with E-state index >= 15 is 0 Å². The normalized spacial score (nSPS) is 10.4. The van der Waals surface area contributed by atoms with Gasteiger partial charge in [-0.2, -0.15) is 0 Å². The first-order valence-corrected chi connectivity index (χ1v) is 6.10. The highest BCUT2D eigenvalue weighted by atomic mass is 16.5. The molecule has 0 unspecified atom stereocenters. The summed E-state index contributed by atoms with van der Waals surface area (Å²) in [4.78, 5) is 7.23. The number of hydrogen-bond donors (Lipinski definition) is 1. The Morgan fingerprint density at radius 2 is 1.68 bits per heavy atom. The number of H-pyrrole nitrogens is 1. The van der Waals surface area contributed by atoms with Crippen LogP contribution in [0.5, 0.6) is 5.75 Å². The van der Waals surface area contributed by atoms with Gasteiger partial charge in [-0.1, -0.05) is 12.1 Å². The number of methoxy groups -OCH3 is 1. The molecule has 0 bridgehead atoms. The summed E-state index contributed by atoms with van der Waals surface area (Å²) in [7, 11) is 1.68. The Bertz CT molecular complexity index is 674. The molecule has 0 saturated carbocycles. The number of nitrogens with one attached hydrogen (secondary N) is 1. The topological polar surface area (TPSA) is 37.9 Å². The van der Waals surface area contributed by atoms with Crippen LogP contribution in [0.25, 0.3) is 22.3 Å². The van der Waals surface area contributed by atoms with Gasteiger partial charge in [-0.25, -0.2) is 0 Å². The highest BCUT2D eigenvalue weighted by Gasteiger charge is 2.08. The van der Waals surface area contributed by atoms with E-state index in [-0.39, 0.29) is 0 Å². The van der Waals surface area contributed by atoms with Gasteiger partial charge in [0, 0.05) is 35.9 Å². The Morgan fingerprint density at radius 3 is 2.42 bits per heavy atom. The molecule has 0 aliphatic carbocycles. The molecule has 3 nitrogen and oxygen atoms in total. The summed E-state index contributed by atoms with van der Waals surface area (Å²) in [6.07, 6.45) is 7.62. The van der Waals surface area contributed by atoms with Crippen LogP contribution >= 0.6 is 0 Å². The summed E-state index contributed by atoms with van der Waals surface area (Å²) in [5.74, 6) is 0.861. The van der Waals surface area contributed by atoms with Gasteiger partial charge in [-0.3, -0.25) is 4.98 Å². The van der Waals surface area contributed by atoms with Crippen molar-refractivity contribution in [3.05, 3.63) is 61.2 Å². The van der Waals surface area contributed by atoms with Crippen LogP contribution in [0.15, 0.2) is 61.2 Å². The Hall–Kier alpha value is -2.55. The molecular weight excluding hydrogens is 236 g/mol. The first-order chi connectivity index (χ1) is 9.38. The lowest BCUT2D eigenvalue weighted by Gasteiger charge is -2.06. The van der Waals surface area contributed by atoms with E-state index in [0.717, 1.165) is 28.0 Å². The predicted molar refractivity (Wildman–Crippen MR) is 76.0 cm³/mol. The molecule has 1 aromatic carbocycles. The molecule has 2 aromatic heterocycles. The zero-order valence-corrected chi connectivity index (χ0v) is 10.6. The Labute approximate surface area is 111 Å². The van der Waals surface area contributed by atoms with E-state index in [1.165, 1.54) is 0 Å². The SMILES string of the molecule is COc1cccc(-c2c[nH]cc2-c2ccncc2)c1. The zero-order valence-electron chi connectivity index (χ0n) is 10.6. The molecule has 0 aliphatic rings. The van der Waals surface area contributed by atoms with E-state index in [1.807, 2.05) is 42.7 Å². The molecule has 2 heterocycles. The number of aromatic amines is 1. The quantitative estimate of drug-likeness (QED) is 0.768. The van der Waals surface area contributed by atoms with E-state index in [2.05, 4.69) is 16.0 Å². The van der Waals surface area contributed by atoms with Crippen LogP contribution < -0.4 is 4.74 Å². The van der Waals surface area contributed by atoms with Crippen LogP contribution in [0, 0.1) is 0 Å². The van der Waals surface area contributed by atoms with E-state index in [4.69, 9.17) is 4.74 Å². The third-order valence-corrected chi connectivity index (χ3v) is 3.12. The number of pyridine rings is 1. The van der Waals surface area contributed by atoms with Crippen LogP contribution in [-0.4, -0.2) is 17.1 Å². The number of rotatable bonds is 3. The van der Waals surface area contributed by atoms with Gasteiger partial charge >= 0.3 is 0 Å². The van der Waals surface area contributed by atoms with Crippen molar-refractivity contribution in [3.8, 4) is 28.0 Å². The smallest absolute Gasteiger partial charge is 0.119 e. The molecule has 0 aliphatic heterocycles. The molecule has 0 spiro atoms. The lowest BCUT2D eigenvalue weighted by molar-refractivity contribution is 0.415. The van der Waals surface area contributed by atoms with Crippen LogP contribution in [-0.2, 0) is 0 Å². The summed E-state index contributed by atoms with van der Waals surface area (Å²) in [5, 5.41) is 0. The minimum absolute atomic E-state index is 0.861. The molecule has 0 atom stereocenters. The van der Waals surface area contributed by atoms with E-state index < -0.39 is 0 Å². The van der Waals surface area contributed by atoms with E-state index in [9.17, 15) is 0 Å². The van der Waals surface area contributed by atoms with Crippen molar-refractivity contribution < 1.29 is 4.74 Å². The minimum Gasteiger partial charge on any atom is -0.497 e. The van der Waals surface area contributed by atoms with Gasteiger partial charge in [-0.05, 0) is 35.4 Å². The van der Waals surface area contributed by atoms with Crippen LogP contribution in [0.1, 0.15) is 0 Å². The summed E-state index contributed by atoms with van der Waals surface area (Å²) in [5.41, 5.74) is 4.60. The summed E-state index contributed by atoms with van der Waals surface area (Å²) in [6, 6.07) is 12.1. The van der Waals surface area contributed by atoms with Gasteiger partial charge in [0.05, 0.1) is 7.11 Å².